The van der Waals surface area contributed by atoms with Crippen LogP contribution in [0.15, 0.2) is 164 Å². The van der Waals surface area contributed by atoms with E-state index in [0.717, 1.165) is 11.4 Å². The van der Waals surface area contributed by atoms with Crippen molar-refractivity contribution in [2.45, 2.75) is 19.3 Å². The number of fused-ring (bicyclic) bond motifs is 10. The molecule has 1 aliphatic carbocycles. The van der Waals surface area contributed by atoms with Crippen LogP contribution in [0.2, 0.25) is 0 Å². The molecule has 0 aliphatic heterocycles. The monoisotopic (exact) mass is 691 g/mol. The third kappa shape index (κ3) is 4.38. The Bertz CT molecular complexity index is 2750. The van der Waals surface area contributed by atoms with Crippen LogP contribution >= 0.6 is 0 Å². The summed E-state index contributed by atoms with van der Waals surface area (Å²) in [6.07, 6.45) is 0. The summed E-state index contributed by atoms with van der Waals surface area (Å²) in [5, 5.41) is 8.13. The molecule has 0 spiro atoms. The SMILES string of the molecule is CC1(C)c2ccccc2-c2ccc(N(c3cccc(-c4ccccc4)c3)c3ccc4c(ccc5ccc6c7ccccc7[se]c6c54)c3)cc21. The molecule has 2 heteroatoms. The van der Waals surface area contributed by atoms with Crippen LogP contribution in [0.3, 0.4) is 0 Å². The van der Waals surface area contributed by atoms with E-state index in [9.17, 15) is 0 Å². The molecule has 1 heterocycles. The molecule has 0 fully saturated rings. The molecule has 0 amide bonds. The van der Waals surface area contributed by atoms with Gasteiger partial charge in [0.05, 0.1) is 0 Å². The van der Waals surface area contributed by atoms with Crippen LogP contribution < -0.4 is 4.90 Å². The second kappa shape index (κ2) is 10.8. The third-order valence-corrected chi connectivity index (χ3v) is 13.1. The molecule has 10 rings (SSSR count). The fraction of sp³-hybridized carbons (Fsp3) is 0.0638. The van der Waals surface area contributed by atoms with Crippen molar-refractivity contribution in [3.8, 4) is 22.3 Å². The number of hydrogen-bond acceptors (Lipinski definition) is 1. The van der Waals surface area contributed by atoms with Gasteiger partial charge in [-0.3, -0.25) is 0 Å². The Balaban J connectivity index is 1.19. The van der Waals surface area contributed by atoms with E-state index in [4.69, 9.17) is 0 Å². The van der Waals surface area contributed by atoms with Gasteiger partial charge >= 0.3 is 251 Å². The van der Waals surface area contributed by atoms with E-state index in [1.54, 1.807) is 0 Å². The Labute approximate surface area is 292 Å². The third-order valence-electron chi connectivity index (χ3n) is 10.6. The molecule has 9 aromatic rings. The summed E-state index contributed by atoms with van der Waals surface area (Å²) in [7, 11) is 0. The van der Waals surface area contributed by atoms with E-state index in [-0.39, 0.29) is 19.9 Å². The van der Waals surface area contributed by atoms with Crippen molar-refractivity contribution in [2.24, 2.45) is 0 Å². The fourth-order valence-corrected chi connectivity index (χ4v) is 10.9. The summed E-state index contributed by atoms with van der Waals surface area (Å²) in [5.41, 5.74) is 11.3. The second-order valence-corrected chi connectivity index (χ2v) is 16.0. The second-order valence-electron chi connectivity index (χ2n) is 13.8. The zero-order valence-electron chi connectivity index (χ0n) is 27.4. The number of rotatable bonds is 4. The van der Waals surface area contributed by atoms with Gasteiger partial charge in [-0.15, -0.1) is 0 Å². The predicted molar refractivity (Wildman–Crippen MR) is 211 cm³/mol. The van der Waals surface area contributed by atoms with Crippen LogP contribution in [-0.4, -0.2) is 14.5 Å². The van der Waals surface area contributed by atoms with Crippen molar-refractivity contribution < 1.29 is 0 Å². The molecular weight excluding hydrogens is 657 g/mol. The maximum absolute atomic E-state index is 2.45. The molecule has 0 unspecified atom stereocenters. The molecule has 0 bridgehead atoms. The van der Waals surface area contributed by atoms with Crippen LogP contribution in [-0.2, 0) is 5.41 Å². The van der Waals surface area contributed by atoms with Crippen LogP contribution in [0.5, 0.6) is 0 Å². The van der Waals surface area contributed by atoms with Gasteiger partial charge in [-0.1, -0.05) is 42.5 Å². The minimum absolute atomic E-state index is 0.0818. The first-order chi connectivity index (χ1) is 24.0. The molecule has 1 aromatic heterocycles. The Hall–Kier alpha value is -5.40. The van der Waals surface area contributed by atoms with Crippen LogP contribution in [0.4, 0.5) is 17.1 Å². The standard InChI is InChI=1S/C47H33NSe/c1-47(2)42-17-8-6-15-38(42)39-26-23-36(29-43(39)47)48(34-14-10-13-32(27-34)30-11-4-3-5-12-30)35-22-25-37-33(28-35)20-19-31-21-24-41-40-16-7-9-18-44(40)49-46(41)45(31)37/h3-29H,1-2H3. The van der Waals surface area contributed by atoms with Crippen molar-refractivity contribution in [3.05, 3.63) is 175 Å². The molecule has 1 aliphatic rings. The molecular formula is C47H33NSe. The summed E-state index contributed by atoms with van der Waals surface area (Å²) in [4.78, 5) is 2.45. The van der Waals surface area contributed by atoms with E-state index < -0.39 is 0 Å². The van der Waals surface area contributed by atoms with E-state index >= 15 is 0 Å². The van der Waals surface area contributed by atoms with Crippen LogP contribution in [0, 0.1) is 0 Å². The van der Waals surface area contributed by atoms with Crippen molar-refractivity contribution in [1.82, 2.24) is 0 Å². The minimum atomic E-state index is -0.0818. The van der Waals surface area contributed by atoms with Crippen molar-refractivity contribution in [2.75, 3.05) is 4.90 Å². The Morgan fingerprint density at radius 1 is 0.449 bits per heavy atom. The van der Waals surface area contributed by atoms with Gasteiger partial charge in [0.15, 0.2) is 0 Å². The molecule has 1 nitrogen and oxygen atoms in total. The number of benzene rings is 8. The zero-order chi connectivity index (χ0) is 32.7. The van der Waals surface area contributed by atoms with Crippen molar-refractivity contribution in [1.29, 1.82) is 0 Å². The topological polar surface area (TPSA) is 3.24 Å². The maximum atomic E-state index is 2.45. The average molecular weight is 691 g/mol. The predicted octanol–water partition coefficient (Wildman–Crippen LogP) is 12.8. The summed E-state index contributed by atoms with van der Waals surface area (Å²) < 4.78 is 3.00. The Morgan fingerprint density at radius 3 is 2.04 bits per heavy atom. The van der Waals surface area contributed by atoms with Crippen LogP contribution in [0.25, 0.3) is 63.1 Å². The summed E-state index contributed by atoms with van der Waals surface area (Å²) in [6.45, 7) is 4.72. The molecule has 0 saturated carbocycles. The first-order valence-corrected chi connectivity index (χ1v) is 18.7. The molecule has 0 atom stereocenters. The number of hydrogen-bond donors (Lipinski definition) is 0. The summed E-state index contributed by atoms with van der Waals surface area (Å²) in [5.74, 6) is 0. The van der Waals surface area contributed by atoms with Gasteiger partial charge in [0.1, 0.15) is 0 Å². The zero-order valence-corrected chi connectivity index (χ0v) is 29.2. The molecule has 8 aromatic carbocycles. The average Bonchev–Trinajstić information content (AvgIpc) is 3.64. The van der Waals surface area contributed by atoms with Gasteiger partial charge < -0.3 is 0 Å². The van der Waals surface area contributed by atoms with Gasteiger partial charge in [-0.05, 0) is 0 Å². The van der Waals surface area contributed by atoms with E-state index in [2.05, 4.69) is 183 Å². The van der Waals surface area contributed by atoms with E-state index in [0.29, 0.717) is 0 Å². The number of anilines is 3. The van der Waals surface area contributed by atoms with Crippen molar-refractivity contribution >= 4 is 72.4 Å². The van der Waals surface area contributed by atoms with Crippen molar-refractivity contribution in [3.63, 3.8) is 0 Å². The first-order valence-electron chi connectivity index (χ1n) is 17.0. The number of nitrogens with zero attached hydrogens (tertiary/aromatic N) is 1. The van der Waals surface area contributed by atoms with Crippen LogP contribution in [0.1, 0.15) is 25.0 Å². The molecule has 232 valence electrons. The molecule has 49 heavy (non-hydrogen) atoms. The Kier molecular flexibility index (Phi) is 6.31. The summed E-state index contributed by atoms with van der Waals surface area (Å²) >= 11 is 0.289. The quantitative estimate of drug-likeness (QED) is 0.131. The van der Waals surface area contributed by atoms with Gasteiger partial charge in [-0.2, -0.15) is 0 Å². The molecule has 0 saturated heterocycles. The van der Waals surface area contributed by atoms with Gasteiger partial charge in [-0.25, -0.2) is 0 Å². The fourth-order valence-electron chi connectivity index (χ4n) is 8.19. The molecule has 0 radical (unpaired) electrons. The summed E-state index contributed by atoms with van der Waals surface area (Å²) in [6, 6.07) is 61.0. The normalized spacial score (nSPS) is 13.3. The first kappa shape index (κ1) is 28.6. The Morgan fingerprint density at radius 2 is 1.12 bits per heavy atom. The van der Waals surface area contributed by atoms with E-state index in [1.165, 1.54) is 79.9 Å². The van der Waals surface area contributed by atoms with Gasteiger partial charge in [0, 0.05) is 0 Å². The molecule has 0 N–H and O–H groups in total. The van der Waals surface area contributed by atoms with E-state index in [1.807, 2.05) is 0 Å². The van der Waals surface area contributed by atoms with Gasteiger partial charge in [0.25, 0.3) is 0 Å². The van der Waals surface area contributed by atoms with Gasteiger partial charge in [0.2, 0.25) is 0 Å².